The van der Waals surface area contributed by atoms with Crippen molar-refractivity contribution < 1.29 is 19.1 Å². The number of thiophene rings is 1. The highest BCUT2D eigenvalue weighted by Crippen LogP contribution is 2.29. The number of carbonyl (C=O) groups excluding carboxylic acids is 3. The van der Waals surface area contributed by atoms with E-state index in [4.69, 9.17) is 4.74 Å². The van der Waals surface area contributed by atoms with E-state index >= 15 is 0 Å². The fraction of sp³-hybridized carbons (Fsp3) is 0.409. The van der Waals surface area contributed by atoms with E-state index in [1.165, 1.54) is 23.8 Å². The predicted octanol–water partition coefficient (Wildman–Crippen LogP) is 4.10. The van der Waals surface area contributed by atoms with Crippen LogP contribution in [0.4, 0.5) is 5.69 Å². The van der Waals surface area contributed by atoms with Crippen LogP contribution < -0.4 is 10.6 Å². The van der Waals surface area contributed by atoms with Crippen LogP contribution in [0, 0.1) is 11.8 Å². The van der Waals surface area contributed by atoms with Gasteiger partial charge in [-0.25, -0.2) is 4.79 Å². The van der Waals surface area contributed by atoms with Gasteiger partial charge in [0.25, 0.3) is 11.8 Å². The number of ether oxygens (including phenoxy) is 1. The molecule has 3 atom stereocenters. The molecule has 0 aliphatic heterocycles. The number of anilines is 1. The molecule has 6 nitrogen and oxygen atoms in total. The largest absolute Gasteiger partial charge is 0.452 e. The molecule has 0 bridgehead atoms. The lowest BCUT2D eigenvalue weighted by Gasteiger charge is -2.34. The van der Waals surface area contributed by atoms with Crippen molar-refractivity contribution in [2.24, 2.45) is 11.8 Å². The molecule has 1 aliphatic carbocycles. The molecule has 2 amide bonds. The maximum absolute atomic E-state index is 12.3. The van der Waals surface area contributed by atoms with Crippen molar-refractivity contribution in [2.45, 2.75) is 39.2 Å². The third-order valence-corrected chi connectivity index (χ3v) is 6.36. The minimum atomic E-state index is -0.600. The Labute approximate surface area is 174 Å². The minimum absolute atomic E-state index is 0.126. The van der Waals surface area contributed by atoms with Crippen molar-refractivity contribution in [1.29, 1.82) is 0 Å². The van der Waals surface area contributed by atoms with Gasteiger partial charge in [-0.1, -0.05) is 38.8 Å². The molecule has 2 aromatic rings. The van der Waals surface area contributed by atoms with Crippen LogP contribution >= 0.6 is 11.3 Å². The van der Waals surface area contributed by atoms with E-state index in [9.17, 15) is 14.4 Å². The molecule has 0 spiro atoms. The quantitative estimate of drug-likeness (QED) is 0.697. The molecule has 1 saturated carbocycles. The summed E-state index contributed by atoms with van der Waals surface area (Å²) in [4.78, 5) is 37.2. The molecule has 29 heavy (non-hydrogen) atoms. The molecule has 0 saturated heterocycles. The average molecular weight is 415 g/mol. The van der Waals surface area contributed by atoms with Crippen molar-refractivity contribution in [3.63, 3.8) is 0 Å². The van der Waals surface area contributed by atoms with E-state index in [1.54, 1.807) is 30.3 Å². The molecule has 1 heterocycles. The highest BCUT2D eigenvalue weighted by atomic mass is 32.1. The lowest BCUT2D eigenvalue weighted by atomic mass is 9.78. The fourth-order valence-electron chi connectivity index (χ4n) is 3.57. The zero-order valence-electron chi connectivity index (χ0n) is 16.6. The number of amides is 2. The lowest BCUT2D eigenvalue weighted by Crippen LogP contribution is -2.45. The van der Waals surface area contributed by atoms with Gasteiger partial charge in [-0.15, -0.1) is 11.3 Å². The number of benzene rings is 1. The van der Waals surface area contributed by atoms with E-state index in [0.717, 1.165) is 12.8 Å². The van der Waals surface area contributed by atoms with E-state index < -0.39 is 5.97 Å². The average Bonchev–Trinajstić information content (AvgIpc) is 3.25. The number of hydrogen-bond acceptors (Lipinski definition) is 5. The molecule has 7 heteroatoms. The van der Waals surface area contributed by atoms with Crippen LogP contribution in [0.25, 0.3) is 0 Å². The number of rotatable bonds is 6. The summed E-state index contributed by atoms with van der Waals surface area (Å²) in [6.45, 7) is 4.03. The Kier molecular flexibility index (Phi) is 7.04. The highest BCUT2D eigenvalue weighted by Gasteiger charge is 2.28. The Morgan fingerprint density at radius 2 is 1.97 bits per heavy atom. The third kappa shape index (κ3) is 5.67. The number of nitrogens with one attached hydrogen (secondary N) is 2. The van der Waals surface area contributed by atoms with Crippen LogP contribution in [0.2, 0.25) is 0 Å². The summed E-state index contributed by atoms with van der Waals surface area (Å²) < 4.78 is 5.16. The molecule has 3 rings (SSSR count). The van der Waals surface area contributed by atoms with Crippen molar-refractivity contribution in [2.75, 3.05) is 11.9 Å². The molecular weight excluding hydrogens is 388 g/mol. The van der Waals surface area contributed by atoms with Gasteiger partial charge in [-0.05, 0) is 47.9 Å². The number of esters is 1. The molecule has 1 aromatic heterocycles. The smallest absolute Gasteiger partial charge is 0.338 e. The van der Waals surface area contributed by atoms with Gasteiger partial charge in [0.15, 0.2) is 6.61 Å². The van der Waals surface area contributed by atoms with Gasteiger partial charge in [0, 0.05) is 11.7 Å². The van der Waals surface area contributed by atoms with Gasteiger partial charge in [-0.3, -0.25) is 9.59 Å². The SMILES string of the molecule is C[C@H]1[C@@H](NC(=O)COC(=O)c2cccc(NC(=O)c3cccs3)c2)CCC[C@@H]1C. The lowest BCUT2D eigenvalue weighted by molar-refractivity contribution is -0.125. The third-order valence-electron chi connectivity index (χ3n) is 5.49. The topological polar surface area (TPSA) is 84.5 Å². The van der Waals surface area contributed by atoms with Gasteiger partial charge in [0.2, 0.25) is 0 Å². The first-order chi connectivity index (χ1) is 13.9. The zero-order chi connectivity index (χ0) is 20.8. The van der Waals surface area contributed by atoms with Gasteiger partial charge in [0.05, 0.1) is 10.4 Å². The molecular formula is C22H26N2O4S. The monoisotopic (exact) mass is 414 g/mol. The van der Waals surface area contributed by atoms with Gasteiger partial charge >= 0.3 is 5.97 Å². The molecule has 0 unspecified atom stereocenters. The van der Waals surface area contributed by atoms with Crippen molar-refractivity contribution in [3.05, 3.63) is 52.2 Å². The van der Waals surface area contributed by atoms with E-state index in [-0.39, 0.29) is 30.0 Å². The Morgan fingerprint density at radius 1 is 1.14 bits per heavy atom. The first-order valence-corrected chi connectivity index (χ1v) is 10.7. The molecule has 0 radical (unpaired) electrons. The minimum Gasteiger partial charge on any atom is -0.452 e. The van der Waals surface area contributed by atoms with E-state index in [1.807, 2.05) is 5.38 Å². The normalized spacial score (nSPS) is 21.2. The number of carbonyl (C=O) groups is 3. The summed E-state index contributed by atoms with van der Waals surface area (Å²) in [5, 5.41) is 7.56. The predicted molar refractivity (Wildman–Crippen MR) is 113 cm³/mol. The second-order valence-corrected chi connectivity index (χ2v) is 8.48. The highest BCUT2D eigenvalue weighted by molar-refractivity contribution is 7.12. The molecule has 1 fully saturated rings. The Bertz CT molecular complexity index is 865. The van der Waals surface area contributed by atoms with Crippen LogP contribution in [0.15, 0.2) is 41.8 Å². The van der Waals surface area contributed by atoms with E-state index in [2.05, 4.69) is 24.5 Å². The molecule has 1 aliphatic rings. The summed E-state index contributed by atoms with van der Waals surface area (Å²) in [5.74, 6) is -0.139. The Balaban J connectivity index is 1.51. The summed E-state index contributed by atoms with van der Waals surface area (Å²) in [6, 6.07) is 10.1. The summed E-state index contributed by atoms with van der Waals surface area (Å²) >= 11 is 1.34. The van der Waals surface area contributed by atoms with Crippen LogP contribution in [0.5, 0.6) is 0 Å². The van der Waals surface area contributed by atoms with Gasteiger partial charge in [-0.2, -0.15) is 0 Å². The van der Waals surface area contributed by atoms with Gasteiger partial charge < -0.3 is 15.4 Å². The van der Waals surface area contributed by atoms with Crippen LogP contribution in [-0.2, 0) is 9.53 Å². The van der Waals surface area contributed by atoms with E-state index in [0.29, 0.717) is 22.4 Å². The standard InChI is InChI=1S/C22H26N2O4S/c1-14-6-3-9-18(15(14)2)24-20(25)13-28-22(27)16-7-4-8-17(12-16)23-21(26)19-10-5-11-29-19/h4-5,7-8,10-12,14-15,18H,3,6,9,13H2,1-2H3,(H,23,26)(H,24,25)/t14-,15+,18-/m0/s1. The van der Waals surface area contributed by atoms with Crippen molar-refractivity contribution in [1.82, 2.24) is 5.32 Å². The fourth-order valence-corrected chi connectivity index (χ4v) is 4.19. The van der Waals surface area contributed by atoms with Crippen LogP contribution in [-0.4, -0.2) is 30.4 Å². The van der Waals surface area contributed by atoms with Crippen molar-refractivity contribution in [3.8, 4) is 0 Å². The Hall–Kier alpha value is -2.67. The second-order valence-electron chi connectivity index (χ2n) is 7.53. The summed E-state index contributed by atoms with van der Waals surface area (Å²) in [7, 11) is 0. The first-order valence-electron chi connectivity index (χ1n) is 9.85. The maximum atomic E-state index is 12.3. The van der Waals surface area contributed by atoms with Crippen molar-refractivity contribution >= 4 is 34.8 Å². The van der Waals surface area contributed by atoms with Crippen LogP contribution in [0.1, 0.15) is 53.1 Å². The molecule has 154 valence electrons. The summed E-state index contributed by atoms with van der Waals surface area (Å²) in [6.07, 6.45) is 3.24. The molecule has 2 N–H and O–H groups in total. The first kappa shape index (κ1) is 21.0. The van der Waals surface area contributed by atoms with Crippen LogP contribution in [0.3, 0.4) is 0 Å². The summed E-state index contributed by atoms with van der Waals surface area (Å²) in [5.41, 5.74) is 0.772. The van der Waals surface area contributed by atoms with Gasteiger partial charge in [0.1, 0.15) is 0 Å². The zero-order valence-corrected chi connectivity index (χ0v) is 17.5. The Morgan fingerprint density at radius 3 is 2.72 bits per heavy atom. The number of hydrogen-bond donors (Lipinski definition) is 2. The molecule has 1 aromatic carbocycles. The maximum Gasteiger partial charge on any atom is 0.338 e. The second kappa shape index (κ2) is 9.69.